The number of carbonyl (C=O) groups is 3. The largest absolute Gasteiger partial charge is 0.488 e. The molecular weight excluding hydrogens is 516 g/mol. The van der Waals surface area contributed by atoms with Crippen molar-refractivity contribution in [2.24, 2.45) is 0 Å². The molecule has 1 aromatic heterocycles. The molecule has 212 valence electrons. The maximum Gasteiger partial charge on any atom is 0.414 e. The Labute approximate surface area is 232 Å². The van der Waals surface area contributed by atoms with Gasteiger partial charge in [0.2, 0.25) is 5.91 Å². The van der Waals surface area contributed by atoms with Gasteiger partial charge in [-0.25, -0.2) is 9.59 Å². The summed E-state index contributed by atoms with van der Waals surface area (Å²) in [5.41, 5.74) is 4.22. The molecule has 2 heterocycles. The molecule has 2 aromatic carbocycles. The van der Waals surface area contributed by atoms with Crippen LogP contribution in [0.4, 0.5) is 0 Å². The van der Waals surface area contributed by atoms with Gasteiger partial charge in [-0.1, -0.05) is 42.5 Å². The van der Waals surface area contributed by atoms with Crippen LogP contribution in [-0.4, -0.2) is 81.6 Å². The fourth-order valence-corrected chi connectivity index (χ4v) is 4.07. The van der Waals surface area contributed by atoms with E-state index in [0.29, 0.717) is 39.1 Å². The molecule has 3 aromatic rings. The Hall–Kier alpha value is -4.28. The average molecular weight is 551 g/mol. The molecule has 0 spiro atoms. The van der Waals surface area contributed by atoms with E-state index in [2.05, 4.69) is 11.1 Å². The van der Waals surface area contributed by atoms with E-state index in [1.54, 1.807) is 6.20 Å². The Morgan fingerprint density at radius 2 is 1.62 bits per heavy atom. The summed E-state index contributed by atoms with van der Waals surface area (Å²) in [4.78, 5) is 36.8. The van der Waals surface area contributed by atoms with E-state index >= 15 is 0 Å². The molecule has 1 amide bonds. The van der Waals surface area contributed by atoms with Crippen molar-refractivity contribution in [1.82, 2.24) is 9.88 Å². The van der Waals surface area contributed by atoms with Crippen molar-refractivity contribution in [3.8, 4) is 16.9 Å². The van der Waals surface area contributed by atoms with Crippen LogP contribution >= 0.6 is 0 Å². The van der Waals surface area contributed by atoms with Crippen LogP contribution in [0.2, 0.25) is 0 Å². The number of carbonyl (C=O) groups excluding carboxylic acids is 1. The monoisotopic (exact) mass is 550 g/mol. The molecule has 10 nitrogen and oxygen atoms in total. The number of hydrogen-bond acceptors (Lipinski definition) is 7. The Balaban J connectivity index is 0.000000663. The van der Waals surface area contributed by atoms with Crippen molar-refractivity contribution in [3.63, 3.8) is 0 Å². The number of aliphatic carboxylic acids is 2. The summed E-state index contributed by atoms with van der Waals surface area (Å²) in [6, 6.07) is 19.9. The van der Waals surface area contributed by atoms with E-state index in [1.165, 1.54) is 0 Å². The number of amides is 1. The normalized spacial score (nSPS) is 14.3. The van der Waals surface area contributed by atoms with Crippen LogP contribution in [0.15, 0.2) is 73.1 Å². The topological polar surface area (TPSA) is 146 Å². The van der Waals surface area contributed by atoms with Crippen LogP contribution in [0, 0.1) is 0 Å². The molecule has 10 heteroatoms. The van der Waals surface area contributed by atoms with Crippen molar-refractivity contribution in [2.75, 3.05) is 26.3 Å². The number of carboxylic acids is 2. The van der Waals surface area contributed by atoms with Crippen LogP contribution < -0.4 is 4.74 Å². The number of morpholine rings is 1. The lowest BCUT2D eigenvalue weighted by molar-refractivity contribution is -0.159. The second-order valence-corrected chi connectivity index (χ2v) is 9.30. The number of carboxylic acid groups (broad SMARTS) is 2. The summed E-state index contributed by atoms with van der Waals surface area (Å²) in [6.45, 7) is 4.44. The van der Waals surface area contributed by atoms with Gasteiger partial charge in [-0.05, 0) is 60.2 Å². The van der Waals surface area contributed by atoms with Crippen LogP contribution in [0.3, 0.4) is 0 Å². The number of aryl methyl sites for hydroxylation is 1. The zero-order valence-corrected chi connectivity index (χ0v) is 22.3. The predicted octanol–water partition coefficient (Wildman–Crippen LogP) is 3.07. The maximum absolute atomic E-state index is 12.6. The number of aliphatic hydroxyl groups excluding tert-OH is 1. The van der Waals surface area contributed by atoms with E-state index in [9.17, 15) is 9.90 Å². The lowest BCUT2D eigenvalue weighted by Crippen LogP contribution is -2.41. The van der Waals surface area contributed by atoms with Gasteiger partial charge in [-0.15, -0.1) is 0 Å². The molecule has 4 rings (SSSR count). The highest BCUT2D eigenvalue weighted by molar-refractivity contribution is 6.27. The van der Waals surface area contributed by atoms with Gasteiger partial charge in [0.15, 0.2) is 0 Å². The van der Waals surface area contributed by atoms with Crippen LogP contribution in [-0.2, 0) is 32.0 Å². The quantitative estimate of drug-likeness (QED) is 0.342. The first-order valence-corrected chi connectivity index (χ1v) is 13.0. The average Bonchev–Trinajstić information content (AvgIpc) is 2.97. The minimum atomic E-state index is -1.82. The third-order valence-electron chi connectivity index (χ3n) is 6.33. The van der Waals surface area contributed by atoms with Crippen LogP contribution in [0.5, 0.6) is 5.75 Å². The fourth-order valence-electron chi connectivity index (χ4n) is 4.07. The first kappa shape index (κ1) is 30.3. The molecule has 0 aliphatic carbocycles. The summed E-state index contributed by atoms with van der Waals surface area (Å²) < 4.78 is 11.3. The lowest BCUT2D eigenvalue weighted by Gasteiger charge is -2.27. The van der Waals surface area contributed by atoms with E-state index in [0.717, 1.165) is 34.4 Å². The minimum absolute atomic E-state index is 0.139. The predicted molar refractivity (Wildman–Crippen MR) is 147 cm³/mol. The van der Waals surface area contributed by atoms with Gasteiger partial charge in [0, 0.05) is 25.5 Å². The van der Waals surface area contributed by atoms with Gasteiger partial charge in [0.25, 0.3) is 0 Å². The Bertz CT molecular complexity index is 1230. The van der Waals surface area contributed by atoms with Crippen molar-refractivity contribution < 1.29 is 39.2 Å². The highest BCUT2D eigenvalue weighted by atomic mass is 16.5. The number of aromatic nitrogens is 1. The Morgan fingerprint density at radius 3 is 2.25 bits per heavy atom. The highest BCUT2D eigenvalue weighted by Crippen LogP contribution is 2.25. The number of ether oxygens (including phenoxy) is 2. The number of aliphatic hydroxyl groups is 1. The summed E-state index contributed by atoms with van der Waals surface area (Å²) >= 11 is 0. The minimum Gasteiger partial charge on any atom is -0.488 e. The second-order valence-electron chi connectivity index (χ2n) is 9.30. The molecule has 0 radical (unpaired) electrons. The van der Waals surface area contributed by atoms with Gasteiger partial charge in [-0.2, -0.15) is 0 Å². The van der Waals surface area contributed by atoms with E-state index in [1.807, 2.05) is 72.6 Å². The highest BCUT2D eigenvalue weighted by Gasteiger charge is 2.18. The van der Waals surface area contributed by atoms with Gasteiger partial charge in [0.05, 0.1) is 25.7 Å². The summed E-state index contributed by atoms with van der Waals surface area (Å²) in [6.07, 6.45) is 4.44. The molecule has 0 bridgehead atoms. The van der Waals surface area contributed by atoms with Gasteiger partial charge in [0.1, 0.15) is 11.9 Å². The van der Waals surface area contributed by atoms with E-state index in [4.69, 9.17) is 29.3 Å². The molecule has 2 atom stereocenters. The summed E-state index contributed by atoms with van der Waals surface area (Å²) in [5, 5.41) is 25.3. The van der Waals surface area contributed by atoms with Crippen LogP contribution in [0.1, 0.15) is 24.5 Å². The number of nitrogens with zero attached hydrogens (tertiary/aromatic N) is 2. The number of rotatable bonds is 9. The SMILES string of the molecule is C[C@H](Oc1ccc(-c2cccc(CC(=O)N3CCOCC3)c2)cc1)[C@H](O)CCc1cccnc1.O=C(O)C(=O)O. The Kier molecular flexibility index (Phi) is 11.6. The third-order valence-corrected chi connectivity index (χ3v) is 6.33. The zero-order chi connectivity index (χ0) is 28.9. The number of pyridine rings is 1. The van der Waals surface area contributed by atoms with Crippen LogP contribution in [0.25, 0.3) is 11.1 Å². The molecule has 0 unspecified atom stereocenters. The lowest BCUT2D eigenvalue weighted by atomic mass is 10.0. The Morgan fingerprint density at radius 1 is 0.950 bits per heavy atom. The molecule has 1 saturated heterocycles. The second kappa shape index (κ2) is 15.3. The third kappa shape index (κ3) is 9.79. The standard InChI is InChI=1S/C28H32N2O4.C2H2O4/c1-21(27(31)12-7-22-5-3-13-29-20-22)34-26-10-8-24(9-11-26)25-6-2-4-23(18-25)19-28(32)30-14-16-33-17-15-30;3-1(4)2(5)6/h2-6,8-11,13,18,20-21,27,31H,7,12,14-17,19H2,1H3;(H,3,4)(H,5,6)/t21-,27+;/m0./s1. The van der Waals surface area contributed by atoms with Crippen molar-refractivity contribution >= 4 is 17.8 Å². The summed E-state index contributed by atoms with van der Waals surface area (Å²) in [7, 11) is 0. The first-order valence-electron chi connectivity index (χ1n) is 13.0. The molecule has 40 heavy (non-hydrogen) atoms. The number of benzene rings is 2. The molecule has 1 fully saturated rings. The molecule has 0 saturated carbocycles. The summed E-state index contributed by atoms with van der Waals surface area (Å²) in [5.74, 6) is -2.79. The van der Waals surface area contributed by atoms with Crippen molar-refractivity contribution in [1.29, 1.82) is 0 Å². The van der Waals surface area contributed by atoms with E-state index < -0.39 is 18.0 Å². The molecular formula is C30H34N2O8. The van der Waals surface area contributed by atoms with E-state index in [-0.39, 0.29) is 12.0 Å². The molecule has 1 aliphatic rings. The number of hydrogen-bond donors (Lipinski definition) is 3. The van der Waals surface area contributed by atoms with Gasteiger partial charge >= 0.3 is 11.9 Å². The first-order chi connectivity index (χ1) is 19.2. The van der Waals surface area contributed by atoms with Crippen molar-refractivity contribution in [3.05, 3.63) is 84.2 Å². The van der Waals surface area contributed by atoms with Crippen molar-refractivity contribution in [2.45, 2.75) is 38.4 Å². The molecule has 3 N–H and O–H groups in total. The van der Waals surface area contributed by atoms with Gasteiger partial charge < -0.3 is 29.7 Å². The van der Waals surface area contributed by atoms with Gasteiger partial charge in [-0.3, -0.25) is 9.78 Å². The maximum atomic E-state index is 12.6. The molecule has 1 aliphatic heterocycles. The smallest absolute Gasteiger partial charge is 0.414 e. The zero-order valence-electron chi connectivity index (χ0n) is 22.3. The fraction of sp³-hybridized carbons (Fsp3) is 0.333.